The summed E-state index contributed by atoms with van der Waals surface area (Å²) in [5.74, 6) is -1.21. The first-order chi connectivity index (χ1) is 9.22. The predicted molar refractivity (Wildman–Crippen MR) is 58.4 cm³/mol. The smallest absolute Gasteiger partial charge is 0.416 e. The summed E-state index contributed by atoms with van der Waals surface area (Å²) in [6.45, 7) is -3.23. The van der Waals surface area contributed by atoms with E-state index in [1.807, 2.05) is 0 Å². The van der Waals surface area contributed by atoms with E-state index in [4.69, 9.17) is 0 Å². The van der Waals surface area contributed by atoms with Crippen molar-refractivity contribution in [1.82, 2.24) is 0 Å². The highest BCUT2D eigenvalue weighted by Gasteiger charge is 2.31. The van der Waals surface area contributed by atoms with Crippen LogP contribution in [0.1, 0.15) is 17.5 Å². The summed E-state index contributed by atoms with van der Waals surface area (Å²) >= 11 is 0. The maximum absolute atomic E-state index is 12.6. The van der Waals surface area contributed by atoms with Gasteiger partial charge in [0.25, 0.3) is 0 Å². The minimum Gasteiger partial charge on any atom is -0.469 e. The van der Waals surface area contributed by atoms with Crippen LogP contribution >= 0.6 is 0 Å². The second kappa shape index (κ2) is 6.53. The first kappa shape index (κ1) is 16.2. The van der Waals surface area contributed by atoms with Crippen LogP contribution in [0.3, 0.4) is 0 Å². The highest BCUT2D eigenvalue weighted by Crippen LogP contribution is 2.33. The second-order valence-electron chi connectivity index (χ2n) is 3.82. The van der Waals surface area contributed by atoms with Crippen LogP contribution in [0.25, 0.3) is 0 Å². The van der Waals surface area contributed by atoms with E-state index < -0.39 is 30.1 Å². The van der Waals surface area contributed by atoms with Gasteiger partial charge in [-0.1, -0.05) is 0 Å². The molecule has 0 amide bonds. The van der Waals surface area contributed by atoms with Crippen molar-refractivity contribution in [2.75, 3.05) is 7.11 Å². The third-order valence-corrected chi connectivity index (χ3v) is 2.36. The molecule has 0 N–H and O–H groups in total. The lowest BCUT2D eigenvalue weighted by Gasteiger charge is -2.12. The van der Waals surface area contributed by atoms with Gasteiger partial charge in [0.2, 0.25) is 0 Å². The molecular weight excluding hydrogens is 287 g/mol. The number of ether oxygens (including phenoxy) is 2. The number of methoxy groups -OCH3 is 1. The minimum absolute atomic E-state index is 0.0564. The molecule has 0 aliphatic rings. The number of benzene rings is 1. The number of hydrogen-bond donors (Lipinski definition) is 0. The number of carbonyl (C=O) groups is 1. The summed E-state index contributed by atoms with van der Waals surface area (Å²) in [6, 6.07) is 2.29. The third-order valence-electron chi connectivity index (χ3n) is 2.36. The predicted octanol–water partition coefficient (Wildman–Crippen LogP) is 3.41. The van der Waals surface area contributed by atoms with Gasteiger partial charge >= 0.3 is 18.8 Å². The molecule has 0 bridgehead atoms. The van der Waals surface area contributed by atoms with Crippen LogP contribution < -0.4 is 4.74 Å². The Morgan fingerprint density at radius 3 is 2.40 bits per heavy atom. The van der Waals surface area contributed by atoms with Crippen LogP contribution in [-0.2, 0) is 22.1 Å². The number of esters is 1. The molecule has 1 rings (SSSR count). The van der Waals surface area contributed by atoms with Crippen molar-refractivity contribution in [1.29, 1.82) is 0 Å². The van der Waals surface area contributed by atoms with Crippen molar-refractivity contribution in [2.24, 2.45) is 0 Å². The van der Waals surface area contributed by atoms with E-state index >= 15 is 0 Å². The molecule has 1 aromatic rings. The van der Waals surface area contributed by atoms with Gasteiger partial charge in [-0.05, 0) is 30.2 Å². The molecule has 0 aliphatic carbocycles. The Balaban J connectivity index is 3.00. The topological polar surface area (TPSA) is 35.5 Å². The maximum Gasteiger partial charge on any atom is 0.416 e. The zero-order valence-electron chi connectivity index (χ0n) is 10.3. The minimum atomic E-state index is -4.69. The summed E-state index contributed by atoms with van der Waals surface area (Å²) in [6.07, 6.45) is -4.93. The van der Waals surface area contributed by atoms with Crippen LogP contribution in [0.2, 0.25) is 0 Å². The third kappa shape index (κ3) is 5.02. The van der Waals surface area contributed by atoms with Gasteiger partial charge in [0, 0.05) is 6.42 Å². The number of aryl methyl sites for hydroxylation is 1. The zero-order valence-corrected chi connectivity index (χ0v) is 10.3. The number of halogens is 5. The van der Waals surface area contributed by atoms with Crippen molar-refractivity contribution >= 4 is 5.97 Å². The average molecular weight is 298 g/mol. The highest BCUT2D eigenvalue weighted by atomic mass is 19.4. The van der Waals surface area contributed by atoms with Gasteiger partial charge in [-0.2, -0.15) is 22.0 Å². The zero-order chi connectivity index (χ0) is 15.3. The Bertz CT molecular complexity index is 471. The summed E-state index contributed by atoms with van der Waals surface area (Å²) in [5.41, 5.74) is -1.06. The first-order valence-electron chi connectivity index (χ1n) is 5.45. The summed E-state index contributed by atoms with van der Waals surface area (Å²) < 4.78 is 70.3. The monoisotopic (exact) mass is 298 g/mol. The quantitative estimate of drug-likeness (QED) is 0.617. The van der Waals surface area contributed by atoms with E-state index in [1.54, 1.807) is 0 Å². The van der Waals surface area contributed by atoms with E-state index in [0.717, 1.165) is 19.2 Å². The van der Waals surface area contributed by atoms with Crippen LogP contribution in [0.15, 0.2) is 18.2 Å². The van der Waals surface area contributed by atoms with Crippen molar-refractivity contribution in [3.63, 3.8) is 0 Å². The standard InChI is InChI=1S/C12H11F5O3/c1-19-10(18)3-2-7-4-8(12(15,16)17)6-9(5-7)20-11(13)14/h4-6,11H,2-3H2,1H3. The number of rotatable bonds is 5. The van der Waals surface area contributed by atoms with Gasteiger partial charge < -0.3 is 9.47 Å². The Morgan fingerprint density at radius 2 is 1.90 bits per heavy atom. The molecule has 0 aliphatic heterocycles. The summed E-state index contributed by atoms with van der Waals surface area (Å²) in [5, 5.41) is 0. The molecule has 8 heteroatoms. The van der Waals surface area contributed by atoms with Gasteiger partial charge in [0.05, 0.1) is 12.7 Å². The van der Waals surface area contributed by atoms with Crippen molar-refractivity contribution in [3.05, 3.63) is 29.3 Å². The lowest BCUT2D eigenvalue weighted by molar-refractivity contribution is -0.140. The molecule has 112 valence electrons. The number of alkyl halides is 5. The fourth-order valence-corrected chi connectivity index (χ4v) is 1.49. The fraction of sp³-hybridized carbons (Fsp3) is 0.417. The van der Waals surface area contributed by atoms with Crippen LogP contribution in [0.5, 0.6) is 5.75 Å². The Morgan fingerprint density at radius 1 is 1.25 bits per heavy atom. The van der Waals surface area contributed by atoms with E-state index in [2.05, 4.69) is 9.47 Å². The Labute approximate surface area is 111 Å². The normalized spacial score (nSPS) is 11.6. The molecule has 3 nitrogen and oxygen atoms in total. The van der Waals surface area contributed by atoms with Crippen LogP contribution in [0, 0.1) is 0 Å². The molecule has 0 fully saturated rings. The Kier molecular flexibility index (Phi) is 5.29. The largest absolute Gasteiger partial charge is 0.469 e. The van der Waals surface area contributed by atoms with E-state index in [-0.39, 0.29) is 18.4 Å². The molecule has 0 unspecified atom stereocenters. The van der Waals surface area contributed by atoms with E-state index in [0.29, 0.717) is 6.07 Å². The molecule has 0 saturated carbocycles. The highest BCUT2D eigenvalue weighted by molar-refractivity contribution is 5.69. The fourth-order valence-electron chi connectivity index (χ4n) is 1.49. The Hall–Kier alpha value is -1.86. The first-order valence-corrected chi connectivity index (χ1v) is 5.45. The number of carbonyl (C=O) groups excluding carboxylic acids is 1. The van der Waals surface area contributed by atoms with E-state index in [9.17, 15) is 26.7 Å². The van der Waals surface area contributed by atoms with Gasteiger partial charge in [0.15, 0.2) is 0 Å². The molecule has 20 heavy (non-hydrogen) atoms. The van der Waals surface area contributed by atoms with Crippen molar-refractivity contribution < 1.29 is 36.2 Å². The summed E-state index contributed by atoms with van der Waals surface area (Å²) in [7, 11) is 1.14. The van der Waals surface area contributed by atoms with Crippen molar-refractivity contribution in [2.45, 2.75) is 25.6 Å². The SMILES string of the molecule is COC(=O)CCc1cc(OC(F)F)cc(C(F)(F)F)c1. The van der Waals surface area contributed by atoms with Crippen LogP contribution in [-0.4, -0.2) is 19.7 Å². The number of hydrogen-bond acceptors (Lipinski definition) is 3. The summed E-state index contributed by atoms with van der Waals surface area (Å²) in [4.78, 5) is 10.9. The van der Waals surface area contributed by atoms with Gasteiger partial charge in [-0.15, -0.1) is 0 Å². The van der Waals surface area contributed by atoms with Crippen LogP contribution in [0.4, 0.5) is 22.0 Å². The molecule has 1 aromatic carbocycles. The van der Waals surface area contributed by atoms with Gasteiger partial charge in [-0.3, -0.25) is 4.79 Å². The molecule has 0 spiro atoms. The molecule has 0 saturated heterocycles. The lowest BCUT2D eigenvalue weighted by atomic mass is 10.1. The molecule has 0 heterocycles. The second-order valence-corrected chi connectivity index (χ2v) is 3.82. The molecule has 0 radical (unpaired) electrons. The van der Waals surface area contributed by atoms with Crippen molar-refractivity contribution in [3.8, 4) is 5.75 Å². The molecule has 0 atom stereocenters. The lowest BCUT2D eigenvalue weighted by Crippen LogP contribution is -2.09. The molecule has 0 aromatic heterocycles. The van der Waals surface area contributed by atoms with Gasteiger partial charge in [-0.25, -0.2) is 0 Å². The average Bonchev–Trinajstić information content (AvgIpc) is 2.33. The maximum atomic E-state index is 12.6. The molecular formula is C12H11F5O3. The van der Waals surface area contributed by atoms with Gasteiger partial charge in [0.1, 0.15) is 5.75 Å². The van der Waals surface area contributed by atoms with E-state index in [1.165, 1.54) is 0 Å².